The number of likely N-dealkylation sites (tertiary alicyclic amines) is 1. The summed E-state index contributed by atoms with van der Waals surface area (Å²) in [5.41, 5.74) is 1.40. The molecule has 2 fully saturated rings. The number of hydrogen-bond donors (Lipinski definition) is 1. The number of hydrogen-bond acceptors (Lipinski definition) is 6. The van der Waals surface area contributed by atoms with E-state index in [0.29, 0.717) is 0 Å². The number of ether oxygens (including phenoxy) is 1. The molecular formula is C16H27N3O2S. The van der Waals surface area contributed by atoms with Gasteiger partial charge in [-0.1, -0.05) is 0 Å². The summed E-state index contributed by atoms with van der Waals surface area (Å²) in [5, 5.41) is 12.5. The molecule has 1 unspecified atom stereocenters. The van der Waals surface area contributed by atoms with E-state index in [4.69, 9.17) is 4.74 Å². The molecule has 1 spiro atoms. The molecule has 1 aromatic heterocycles. The Labute approximate surface area is 136 Å². The Balaban J connectivity index is 1.66. The average molecular weight is 325 g/mol. The quantitative estimate of drug-likeness (QED) is 0.906. The molecule has 1 aromatic rings. The first-order chi connectivity index (χ1) is 10.7. The first-order valence-electron chi connectivity index (χ1n) is 8.23. The van der Waals surface area contributed by atoms with Crippen molar-refractivity contribution in [2.24, 2.45) is 5.41 Å². The second-order valence-electron chi connectivity index (χ2n) is 6.72. The predicted molar refractivity (Wildman–Crippen MR) is 88.1 cm³/mol. The molecule has 0 aliphatic carbocycles. The van der Waals surface area contributed by atoms with Crippen LogP contribution in [0.15, 0.2) is 5.38 Å². The van der Waals surface area contributed by atoms with Gasteiger partial charge in [-0.25, -0.2) is 4.98 Å². The van der Waals surface area contributed by atoms with E-state index < -0.39 is 0 Å². The molecule has 6 heteroatoms. The van der Waals surface area contributed by atoms with Crippen molar-refractivity contribution in [3.63, 3.8) is 0 Å². The van der Waals surface area contributed by atoms with E-state index in [-0.39, 0.29) is 12.0 Å². The Morgan fingerprint density at radius 3 is 3.00 bits per heavy atom. The van der Waals surface area contributed by atoms with Crippen LogP contribution in [0.3, 0.4) is 0 Å². The number of nitrogens with zero attached hydrogens (tertiary/aromatic N) is 3. The van der Waals surface area contributed by atoms with Crippen LogP contribution in [0.5, 0.6) is 0 Å². The summed E-state index contributed by atoms with van der Waals surface area (Å²) in [6, 6.07) is 0. The molecule has 22 heavy (non-hydrogen) atoms. The highest BCUT2D eigenvalue weighted by atomic mass is 32.1. The van der Waals surface area contributed by atoms with Gasteiger partial charge in [0.25, 0.3) is 0 Å². The first kappa shape index (κ1) is 16.3. The number of thiazole rings is 1. The Morgan fingerprint density at radius 1 is 1.36 bits per heavy atom. The summed E-state index contributed by atoms with van der Waals surface area (Å²) in [4.78, 5) is 9.50. The fourth-order valence-electron chi connectivity index (χ4n) is 3.82. The first-order valence-corrected chi connectivity index (χ1v) is 9.11. The lowest BCUT2D eigenvalue weighted by Crippen LogP contribution is -2.50. The maximum Gasteiger partial charge on any atom is 0.0897 e. The van der Waals surface area contributed by atoms with Gasteiger partial charge in [0.15, 0.2) is 0 Å². The molecule has 0 saturated carbocycles. The SMILES string of the molecule is Cc1nc(CN2CCOCC3(CCCN(CCO)C3)C2)cs1. The molecule has 2 aliphatic heterocycles. The second kappa shape index (κ2) is 7.36. The van der Waals surface area contributed by atoms with Crippen LogP contribution in [0.2, 0.25) is 0 Å². The maximum atomic E-state index is 9.22. The Kier molecular flexibility index (Phi) is 5.46. The summed E-state index contributed by atoms with van der Waals surface area (Å²) in [6.07, 6.45) is 2.43. The second-order valence-corrected chi connectivity index (χ2v) is 7.79. The van der Waals surface area contributed by atoms with Crippen LogP contribution in [-0.4, -0.2) is 72.4 Å². The number of aliphatic hydroxyl groups excluding tert-OH is 1. The monoisotopic (exact) mass is 325 g/mol. The van der Waals surface area contributed by atoms with E-state index in [9.17, 15) is 5.11 Å². The predicted octanol–water partition coefficient (Wildman–Crippen LogP) is 1.36. The lowest BCUT2D eigenvalue weighted by Gasteiger charge is -2.43. The van der Waals surface area contributed by atoms with Crippen molar-refractivity contribution in [2.75, 3.05) is 52.5 Å². The lowest BCUT2D eigenvalue weighted by atomic mass is 9.80. The van der Waals surface area contributed by atoms with Crippen LogP contribution in [0.4, 0.5) is 0 Å². The van der Waals surface area contributed by atoms with Crippen LogP contribution >= 0.6 is 11.3 Å². The van der Waals surface area contributed by atoms with Gasteiger partial charge in [0.2, 0.25) is 0 Å². The number of aromatic nitrogens is 1. The van der Waals surface area contributed by atoms with Gasteiger partial charge in [0, 0.05) is 43.5 Å². The number of rotatable bonds is 4. The summed E-state index contributed by atoms with van der Waals surface area (Å²) in [5.74, 6) is 0. The Morgan fingerprint density at radius 2 is 2.23 bits per heavy atom. The summed E-state index contributed by atoms with van der Waals surface area (Å²) in [6.45, 7) is 9.89. The van der Waals surface area contributed by atoms with E-state index in [1.165, 1.54) is 18.5 Å². The van der Waals surface area contributed by atoms with Gasteiger partial charge in [-0.2, -0.15) is 0 Å². The molecular weight excluding hydrogens is 298 g/mol. The minimum absolute atomic E-state index is 0.217. The molecule has 3 rings (SSSR count). The van der Waals surface area contributed by atoms with Gasteiger partial charge in [-0.15, -0.1) is 11.3 Å². The fourth-order valence-corrected chi connectivity index (χ4v) is 4.42. The van der Waals surface area contributed by atoms with Crippen molar-refractivity contribution in [1.82, 2.24) is 14.8 Å². The minimum atomic E-state index is 0.217. The third-order valence-corrected chi connectivity index (χ3v) is 5.55. The molecule has 0 amide bonds. The van der Waals surface area contributed by atoms with E-state index in [2.05, 4.69) is 27.1 Å². The smallest absolute Gasteiger partial charge is 0.0897 e. The topological polar surface area (TPSA) is 48.8 Å². The van der Waals surface area contributed by atoms with Gasteiger partial charge in [0.1, 0.15) is 0 Å². The molecule has 1 atom stereocenters. The van der Waals surface area contributed by atoms with Crippen molar-refractivity contribution in [2.45, 2.75) is 26.3 Å². The number of β-amino-alcohol motifs (C(OH)–C–C–N with tert-alkyl or cyclic N) is 1. The minimum Gasteiger partial charge on any atom is -0.395 e. The summed E-state index contributed by atoms with van der Waals surface area (Å²) < 4.78 is 5.94. The van der Waals surface area contributed by atoms with E-state index in [1.54, 1.807) is 11.3 Å². The standard InChI is InChI=1S/C16H27N3O2S/c1-14-17-15(10-22-14)9-19-6-8-21-13-16(12-19)3-2-4-18(11-16)5-7-20/h10,20H,2-9,11-13H2,1H3. The van der Waals surface area contributed by atoms with Crippen LogP contribution in [0.25, 0.3) is 0 Å². The maximum absolute atomic E-state index is 9.22. The molecule has 2 saturated heterocycles. The lowest BCUT2D eigenvalue weighted by molar-refractivity contribution is 0.000782. The zero-order valence-corrected chi connectivity index (χ0v) is 14.3. The van der Waals surface area contributed by atoms with Gasteiger partial charge >= 0.3 is 0 Å². The highest BCUT2D eigenvalue weighted by molar-refractivity contribution is 7.09. The third kappa shape index (κ3) is 4.06. The normalized spacial score (nSPS) is 28.1. The van der Waals surface area contributed by atoms with E-state index >= 15 is 0 Å². The number of piperidine rings is 1. The number of aryl methyl sites for hydroxylation is 1. The molecule has 124 valence electrons. The van der Waals surface area contributed by atoms with Gasteiger partial charge in [-0.3, -0.25) is 4.90 Å². The average Bonchev–Trinajstić information content (AvgIpc) is 2.79. The Bertz CT molecular complexity index is 480. The van der Waals surface area contributed by atoms with Crippen LogP contribution in [-0.2, 0) is 11.3 Å². The highest BCUT2D eigenvalue weighted by Crippen LogP contribution is 2.33. The summed E-state index contributed by atoms with van der Waals surface area (Å²) in [7, 11) is 0. The third-order valence-electron chi connectivity index (χ3n) is 4.73. The Hall–Kier alpha value is -0.530. The van der Waals surface area contributed by atoms with Gasteiger partial charge in [0.05, 0.1) is 30.5 Å². The molecule has 2 aliphatic rings. The molecule has 0 radical (unpaired) electrons. The van der Waals surface area contributed by atoms with Crippen molar-refractivity contribution < 1.29 is 9.84 Å². The summed E-state index contributed by atoms with van der Waals surface area (Å²) >= 11 is 1.73. The van der Waals surface area contributed by atoms with Crippen molar-refractivity contribution in [3.05, 3.63) is 16.1 Å². The zero-order valence-electron chi connectivity index (χ0n) is 13.5. The molecule has 3 heterocycles. The van der Waals surface area contributed by atoms with Crippen molar-refractivity contribution in [3.8, 4) is 0 Å². The van der Waals surface area contributed by atoms with Crippen molar-refractivity contribution in [1.29, 1.82) is 0 Å². The largest absolute Gasteiger partial charge is 0.395 e. The number of aliphatic hydroxyl groups is 1. The molecule has 0 bridgehead atoms. The highest BCUT2D eigenvalue weighted by Gasteiger charge is 2.38. The van der Waals surface area contributed by atoms with Crippen LogP contribution in [0.1, 0.15) is 23.5 Å². The van der Waals surface area contributed by atoms with E-state index in [0.717, 1.165) is 57.5 Å². The van der Waals surface area contributed by atoms with Gasteiger partial charge < -0.3 is 14.7 Å². The molecule has 1 N–H and O–H groups in total. The van der Waals surface area contributed by atoms with Crippen molar-refractivity contribution >= 4 is 11.3 Å². The molecule has 0 aromatic carbocycles. The molecule has 5 nitrogen and oxygen atoms in total. The van der Waals surface area contributed by atoms with Gasteiger partial charge in [-0.05, 0) is 26.3 Å². The van der Waals surface area contributed by atoms with Crippen LogP contribution in [0, 0.1) is 12.3 Å². The zero-order chi connectivity index (χ0) is 15.4. The van der Waals surface area contributed by atoms with Crippen LogP contribution < -0.4 is 0 Å². The fraction of sp³-hybridized carbons (Fsp3) is 0.812. The van der Waals surface area contributed by atoms with E-state index in [1.807, 2.05) is 0 Å².